The summed E-state index contributed by atoms with van der Waals surface area (Å²) < 4.78 is 66.9. The number of rotatable bonds is 10. The van der Waals surface area contributed by atoms with E-state index in [0.717, 1.165) is 11.1 Å². The summed E-state index contributed by atoms with van der Waals surface area (Å²) in [7, 11) is 1.63. The van der Waals surface area contributed by atoms with Crippen LogP contribution in [-0.4, -0.2) is 75.2 Å². The van der Waals surface area contributed by atoms with E-state index in [1.807, 2.05) is 66.7 Å². The Hall–Kier alpha value is -5.36. The van der Waals surface area contributed by atoms with Gasteiger partial charge < -0.3 is 19.1 Å². The van der Waals surface area contributed by atoms with Crippen LogP contribution in [0.5, 0.6) is 11.8 Å². The van der Waals surface area contributed by atoms with Crippen LogP contribution in [0.2, 0.25) is 0 Å². The number of nitrogens with zero attached hydrogens (tertiary/aromatic N) is 5. The first-order valence-corrected chi connectivity index (χ1v) is 18.7. The Bertz CT molecular complexity index is 2170. The highest BCUT2D eigenvalue weighted by atomic mass is 19.1. The molecular formula is C43H46F3N5O4. The molecule has 2 aliphatic rings. The van der Waals surface area contributed by atoms with Gasteiger partial charge in [0, 0.05) is 50.6 Å². The predicted molar refractivity (Wildman–Crippen MR) is 205 cm³/mol. The van der Waals surface area contributed by atoms with E-state index in [-0.39, 0.29) is 41.4 Å². The molecule has 0 spiro atoms. The summed E-state index contributed by atoms with van der Waals surface area (Å²) in [5.41, 5.74) is 2.68. The summed E-state index contributed by atoms with van der Waals surface area (Å²) in [6.45, 7) is 7.70. The quantitative estimate of drug-likeness (QED) is 0.141. The lowest BCUT2D eigenvalue weighted by Gasteiger charge is -2.38. The Balaban J connectivity index is 1.10. The lowest BCUT2D eigenvalue weighted by Crippen LogP contribution is -2.49. The molecule has 0 saturated carbocycles. The number of carbonyl (C=O) groups is 1. The van der Waals surface area contributed by atoms with Gasteiger partial charge >= 0.3 is 6.09 Å². The van der Waals surface area contributed by atoms with Crippen molar-refractivity contribution in [3.05, 3.63) is 113 Å². The average Bonchev–Trinajstić information content (AvgIpc) is 3.50. The van der Waals surface area contributed by atoms with Crippen molar-refractivity contribution in [2.45, 2.75) is 58.6 Å². The molecule has 0 unspecified atom stereocenters. The van der Waals surface area contributed by atoms with Crippen molar-refractivity contribution < 1.29 is 32.2 Å². The summed E-state index contributed by atoms with van der Waals surface area (Å²) in [6.07, 6.45) is 1.03. The molecule has 288 valence electrons. The van der Waals surface area contributed by atoms with Crippen LogP contribution in [0.4, 0.5) is 18.0 Å². The highest BCUT2D eigenvalue weighted by molar-refractivity contribution is 5.96. The van der Waals surface area contributed by atoms with E-state index in [4.69, 9.17) is 14.2 Å². The van der Waals surface area contributed by atoms with Crippen molar-refractivity contribution in [1.82, 2.24) is 24.6 Å². The van der Waals surface area contributed by atoms with Gasteiger partial charge in [-0.25, -0.2) is 18.0 Å². The third-order valence-electron chi connectivity index (χ3n) is 9.99. The second kappa shape index (κ2) is 16.2. The van der Waals surface area contributed by atoms with E-state index in [9.17, 15) is 4.79 Å². The molecule has 3 aromatic carbocycles. The fraction of sp³-hybridized carbons (Fsp3) is 0.372. The van der Waals surface area contributed by atoms with Gasteiger partial charge in [-0.1, -0.05) is 66.7 Å². The van der Waals surface area contributed by atoms with E-state index in [0.29, 0.717) is 68.3 Å². The molecule has 12 heteroatoms. The zero-order valence-corrected chi connectivity index (χ0v) is 31.6. The molecule has 2 atom stereocenters. The highest BCUT2D eigenvalue weighted by Gasteiger charge is 2.35. The second-order valence-corrected chi connectivity index (χ2v) is 15.2. The van der Waals surface area contributed by atoms with Gasteiger partial charge in [0.25, 0.3) is 0 Å². The Morgan fingerprint density at radius 1 is 0.927 bits per heavy atom. The Labute approximate surface area is 319 Å². The number of ether oxygens (including phenoxy) is 3. The van der Waals surface area contributed by atoms with Crippen LogP contribution >= 0.6 is 0 Å². The number of benzene rings is 3. The smallest absolute Gasteiger partial charge is 0.410 e. The lowest BCUT2D eigenvalue weighted by atomic mass is 9.92. The molecule has 4 heterocycles. The van der Waals surface area contributed by atoms with Crippen LogP contribution in [0.3, 0.4) is 0 Å². The highest BCUT2D eigenvalue weighted by Crippen LogP contribution is 2.39. The summed E-state index contributed by atoms with van der Waals surface area (Å²) in [6, 6.07) is 24.1. The minimum Gasteiger partial charge on any atom is -0.473 e. The molecule has 2 aliphatic heterocycles. The Morgan fingerprint density at radius 2 is 1.62 bits per heavy atom. The molecule has 0 aliphatic carbocycles. The first kappa shape index (κ1) is 37.9. The molecule has 0 bridgehead atoms. The van der Waals surface area contributed by atoms with E-state index in [1.54, 1.807) is 40.0 Å². The predicted octanol–water partition coefficient (Wildman–Crippen LogP) is 8.76. The maximum absolute atomic E-state index is 16.5. The summed E-state index contributed by atoms with van der Waals surface area (Å²) in [5.74, 6) is -1.09. The number of aryl methyl sites for hydroxylation is 1. The number of aromatic nitrogens is 3. The number of fused-ring (bicyclic) bond motifs is 1. The van der Waals surface area contributed by atoms with Gasteiger partial charge in [0.2, 0.25) is 11.8 Å². The molecule has 55 heavy (non-hydrogen) atoms. The Morgan fingerprint density at radius 3 is 2.25 bits per heavy atom. The summed E-state index contributed by atoms with van der Waals surface area (Å²) in [5, 5.41) is 4.95. The van der Waals surface area contributed by atoms with Gasteiger partial charge in [-0.2, -0.15) is 10.1 Å². The molecule has 1 fully saturated rings. The molecule has 1 amide bonds. The van der Waals surface area contributed by atoms with Crippen molar-refractivity contribution in [2.24, 2.45) is 13.0 Å². The van der Waals surface area contributed by atoms with Gasteiger partial charge in [-0.3, -0.25) is 9.58 Å². The second-order valence-electron chi connectivity index (χ2n) is 15.2. The first-order valence-electron chi connectivity index (χ1n) is 18.7. The monoisotopic (exact) mass is 753 g/mol. The number of pyridine rings is 1. The van der Waals surface area contributed by atoms with Crippen LogP contribution in [0, 0.1) is 17.6 Å². The number of carbonyl (C=O) groups excluding carboxylic acids is 1. The number of hydrogen-bond donors (Lipinski definition) is 0. The fourth-order valence-corrected chi connectivity index (χ4v) is 7.19. The standard InChI is InChI=1S/C43H46F3N5O4/c1-43(2,3)55-42(52)51-22-19-31(35(45)25-51)24-50-20-17-30(18-21-50)37-34(44)23-33-39(48-49(4)40(33)38(37)46)32-15-16-36(53-26-28-11-7-5-8-12-28)47-41(32)54-27-29-13-9-6-10-14-29/h5-17,23,31,35H,18-22,24-27H2,1-4H3/t31-,35-/m0/s1. The maximum Gasteiger partial charge on any atom is 0.410 e. The maximum atomic E-state index is 16.5. The number of amides is 1. The summed E-state index contributed by atoms with van der Waals surface area (Å²) in [4.78, 5) is 20.7. The van der Waals surface area contributed by atoms with Crippen LogP contribution in [0.1, 0.15) is 50.3 Å². The number of likely N-dealkylation sites (tertiary alicyclic amines) is 1. The number of alkyl halides is 1. The van der Waals surface area contributed by atoms with E-state index in [2.05, 4.69) is 15.0 Å². The van der Waals surface area contributed by atoms with Crippen molar-refractivity contribution in [1.29, 1.82) is 0 Å². The Kier molecular flexibility index (Phi) is 11.1. The molecule has 7 rings (SSSR count). The van der Waals surface area contributed by atoms with E-state index >= 15 is 13.2 Å². The minimum absolute atomic E-state index is 0.0134. The zero-order valence-electron chi connectivity index (χ0n) is 31.6. The molecule has 9 nitrogen and oxygen atoms in total. The van der Waals surface area contributed by atoms with Crippen molar-refractivity contribution in [2.75, 3.05) is 32.7 Å². The average molecular weight is 754 g/mol. The van der Waals surface area contributed by atoms with Crippen LogP contribution in [0.15, 0.2) is 84.9 Å². The first-order chi connectivity index (χ1) is 26.4. The molecular weight excluding hydrogens is 707 g/mol. The SMILES string of the molecule is Cn1nc(-c2ccc(OCc3ccccc3)nc2OCc2ccccc2)c2cc(F)c(C3=CCN(C[C@@H]4CCN(C(=O)OC(C)(C)C)C[C@@H]4F)CC3)c(F)c21. The summed E-state index contributed by atoms with van der Waals surface area (Å²) >= 11 is 0. The zero-order chi connectivity index (χ0) is 38.7. The number of halogens is 3. The largest absolute Gasteiger partial charge is 0.473 e. The van der Waals surface area contributed by atoms with Crippen molar-refractivity contribution in [3.8, 4) is 23.0 Å². The number of piperidine rings is 1. The topological polar surface area (TPSA) is 82.0 Å². The van der Waals surface area contributed by atoms with Gasteiger partial charge in [0.15, 0.2) is 5.82 Å². The molecule has 5 aromatic rings. The van der Waals surface area contributed by atoms with Gasteiger partial charge in [0.05, 0.1) is 17.7 Å². The van der Waals surface area contributed by atoms with Gasteiger partial charge in [-0.15, -0.1) is 0 Å². The van der Waals surface area contributed by atoms with Crippen molar-refractivity contribution >= 4 is 22.6 Å². The van der Waals surface area contributed by atoms with Crippen LogP contribution in [0.25, 0.3) is 27.7 Å². The minimum atomic E-state index is -1.19. The molecule has 2 aromatic heterocycles. The third-order valence-corrected chi connectivity index (χ3v) is 9.99. The van der Waals surface area contributed by atoms with E-state index in [1.165, 1.54) is 15.6 Å². The van der Waals surface area contributed by atoms with Crippen LogP contribution < -0.4 is 9.47 Å². The van der Waals surface area contributed by atoms with Gasteiger partial charge in [-0.05, 0) is 62.4 Å². The normalized spacial score (nSPS) is 17.9. The number of hydrogen-bond acceptors (Lipinski definition) is 7. The van der Waals surface area contributed by atoms with E-state index < -0.39 is 29.5 Å². The van der Waals surface area contributed by atoms with Crippen LogP contribution in [-0.2, 0) is 25.0 Å². The third kappa shape index (κ3) is 8.80. The molecule has 1 saturated heterocycles. The van der Waals surface area contributed by atoms with Gasteiger partial charge in [0.1, 0.15) is 42.0 Å². The lowest BCUT2D eigenvalue weighted by molar-refractivity contribution is 0.00199. The van der Waals surface area contributed by atoms with Crippen molar-refractivity contribution in [3.63, 3.8) is 0 Å². The fourth-order valence-electron chi connectivity index (χ4n) is 7.19. The molecule has 0 radical (unpaired) electrons. The molecule has 0 N–H and O–H groups in total.